The Balaban J connectivity index is 2.14. The molecule has 1 aromatic heterocycles. The van der Waals surface area contributed by atoms with Crippen molar-refractivity contribution in [3.05, 3.63) is 52.4 Å². The molecule has 76 valence electrons. The summed E-state index contributed by atoms with van der Waals surface area (Å²) in [6.07, 6.45) is 1.27. The predicted molar refractivity (Wildman–Crippen MR) is 56.1 cm³/mol. The lowest BCUT2D eigenvalue weighted by Crippen LogP contribution is -1.86. The first-order chi connectivity index (χ1) is 7.28. The van der Waals surface area contributed by atoms with E-state index < -0.39 is 0 Å². The Morgan fingerprint density at radius 3 is 2.67 bits per heavy atom. The standard InChI is InChI=1S/C11H8ClNO2/c12-9-3-1-8(2-4-9)5-10-6-11(7-14)15-13-10/h1-4,6-7H,5H2. The highest BCUT2D eigenvalue weighted by molar-refractivity contribution is 6.30. The number of hydrogen-bond donors (Lipinski definition) is 0. The molecule has 0 atom stereocenters. The normalized spacial score (nSPS) is 10.2. The summed E-state index contributed by atoms with van der Waals surface area (Å²) >= 11 is 5.76. The van der Waals surface area contributed by atoms with Crippen LogP contribution in [0.5, 0.6) is 0 Å². The number of nitrogens with zero attached hydrogens (tertiary/aromatic N) is 1. The molecular formula is C11H8ClNO2. The molecule has 2 aromatic rings. The van der Waals surface area contributed by atoms with Gasteiger partial charge < -0.3 is 4.52 Å². The summed E-state index contributed by atoms with van der Waals surface area (Å²) in [5.41, 5.74) is 1.81. The Labute approximate surface area is 91.6 Å². The monoisotopic (exact) mass is 221 g/mol. The van der Waals surface area contributed by atoms with E-state index in [-0.39, 0.29) is 5.76 Å². The molecule has 0 unspecified atom stereocenters. The van der Waals surface area contributed by atoms with Gasteiger partial charge in [-0.1, -0.05) is 28.9 Å². The van der Waals surface area contributed by atoms with Crippen molar-refractivity contribution in [2.75, 3.05) is 0 Å². The second-order valence-electron chi connectivity index (χ2n) is 3.14. The Bertz CT molecular complexity index is 462. The van der Waals surface area contributed by atoms with E-state index in [4.69, 9.17) is 16.1 Å². The average molecular weight is 222 g/mol. The molecule has 0 radical (unpaired) electrons. The van der Waals surface area contributed by atoms with Gasteiger partial charge in [-0.05, 0) is 17.7 Å². The molecule has 0 saturated heterocycles. The fourth-order valence-corrected chi connectivity index (χ4v) is 1.40. The predicted octanol–water partition coefficient (Wildman–Crippen LogP) is 2.73. The minimum atomic E-state index is 0.249. The van der Waals surface area contributed by atoms with Crippen LogP contribution >= 0.6 is 11.6 Å². The van der Waals surface area contributed by atoms with E-state index >= 15 is 0 Å². The maximum Gasteiger partial charge on any atom is 0.199 e. The summed E-state index contributed by atoms with van der Waals surface area (Å²) in [6, 6.07) is 9.09. The lowest BCUT2D eigenvalue weighted by Gasteiger charge is -1.96. The van der Waals surface area contributed by atoms with E-state index in [2.05, 4.69) is 5.16 Å². The molecule has 0 N–H and O–H groups in total. The topological polar surface area (TPSA) is 43.1 Å². The van der Waals surface area contributed by atoms with Gasteiger partial charge >= 0.3 is 0 Å². The SMILES string of the molecule is O=Cc1cc(Cc2ccc(Cl)cc2)no1. The number of benzene rings is 1. The van der Waals surface area contributed by atoms with Gasteiger partial charge in [-0.2, -0.15) is 0 Å². The van der Waals surface area contributed by atoms with Crippen LogP contribution in [0, 0.1) is 0 Å². The van der Waals surface area contributed by atoms with Crippen LogP contribution in [0.25, 0.3) is 0 Å². The van der Waals surface area contributed by atoms with Crippen LogP contribution in [0.4, 0.5) is 0 Å². The van der Waals surface area contributed by atoms with Crippen molar-refractivity contribution in [3.63, 3.8) is 0 Å². The van der Waals surface area contributed by atoms with Gasteiger partial charge in [-0.3, -0.25) is 4.79 Å². The van der Waals surface area contributed by atoms with Crippen molar-refractivity contribution < 1.29 is 9.32 Å². The molecule has 0 spiro atoms. The lowest BCUT2D eigenvalue weighted by molar-refractivity contribution is 0.109. The summed E-state index contributed by atoms with van der Waals surface area (Å²) in [6.45, 7) is 0. The van der Waals surface area contributed by atoms with Crippen molar-refractivity contribution in [2.24, 2.45) is 0 Å². The fourth-order valence-electron chi connectivity index (χ4n) is 1.28. The fraction of sp³-hybridized carbons (Fsp3) is 0.0909. The van der Waals surface area contributed by atoms with E-state index in [1.165, 1.54) is 0 Å². The lowest BCUT2D eigenvalue weighted by atomic mass is 10.1. The number of aldehydes is 1. The maximum absolute atomic E-state index is 10.4. The quantitative estimate of drug-likeness (QED) is 0.749. The smallest absolute Gasteiger partial charge is 0.199 e. The summed E-state index contributed by atoms with van der Waals surface area (Å²) in [4.78, 5) is 10.4. The highest BCUT2D eigenvalue weighted by Crippen LogP contribution is 2.13. The van der Waals surface area contributed by atoms with E-state index in [1.54, 1.807) is 6.07 Å². The molecule has 1 aromatic carbocycles. The zero-order chi connectivity index (χ0) is 10.7. The largest absolute Gasteiger partial charge is 0.353 e. The van der Waals surface area contributed by atoms with Gasteiger partial charge in [0.05, 0.1) is 5.69 Å². The number of carbonyl (C=O) groups excluding carboxylic acids is 1. The first-order valence-corrected chi connectivity index (χ1v) is 4.81. The van der Waals surface area contributed by atoms with Crippen LogP contribution in [-0.2, 0) is 6.42 Å². The molecule has 0 amide bonds. The van der Waals surface area contributed by atoms with E-state index in [9.17, 15) is 4.79 Å². The van der Waals surface area contributed by atoms with Crippen LogP contribution < -0.4 is 0 Å². The van der Waals surface area contributed by atoms with E-state index in [0.717, 1.165) is 11.3 Å². The molecular weight excluding hydrogens is 214 g/mol. The van der Waals surface area contributed by atoms with Gasteiger partial charge in [0.1, 0.15) is 0 Å². The minimum absolute atomic E-state index is 0.249. The third kappa shape index (κ3) is 2.44. The first kappa shape index (κ1) is 9.93. The Morgan fingerprint density at radius 1 is 1.33 bits per heavy atom. The van der Waals surface area contributed by atoms with Gasteiger partial charge in [0, 0.05) is 17.5 Å². The summed E-state index contributed by atoms with van der Waals surface area (Å²) < 4.78 is 4.77. The first-order valence-electron chi connectivity index (χ1n) is 4.43. The van der Waals surface area contributed by atoms with Crippen LogP contribution in [0.15, 0.2) is 34.9 Å². The van der Waals surface area contributed by atoms with Crippen LogP contribution in [0.1, 0.15) is 21.8 Å². The zero-order valence-electron chi connectivity index (χ0n) is 7.81. The maximum atomic E-state index is 10.4. The van der Waals surface area contributed by atoms with Crippen LogP contribution in [0.2, 0.25) is 5.02 Å². The number of rotatable bonds is 3. The molecule has 0 aliphatic rings. The molecule has 2 rings (SSSR count). The van der Waals surface area contributed by atoms with Gasteiger partial charge in [0.15, 0.2) is 12.0 Å². The summed E-state index contributed by atoms with van der Waals surface area (Å²) in [5, 5.41) is 4.47. The third-order valence-electron chi connectivity index (χ3n) is 1.99. The van der Waals surface area contributed by atoms with Gasteiger partial charge in [0.2, 0.25) is 0 Å². The zero-order valence-corrected chi connectivity index (χ0v) is 8.57. The number of hydrogen-bond acceptors (Lipinski definition) is 3. The highest BCUT2D eigenvalue weighted by Gasteiger charge is 2.03. The Hall–Kier alpha value is -1.61. The van der Waals surface area contributed by atoms with E-state index in [1.807, 2.05) is 24.3 Å². The third-order valence-corrected chi connectivity index (χ3v) is 2.24. The van der Waals surface area contributed by atoms with Gasteiger partial charge in [0.25, 0.3) is 0 Å². The summed E-state index contributed by atoms with van der Waals surface area (Å²) in [7, 11) is 0. The molecule has 3 nitrogen and oxygen atoms in total. The van der Waals surface area contributed by atoms with Crippen molar-refractivity contribution in [2.45, 2.75) is 6.42 Å². The number of aromatic nitrogens is 1. The molecule has 0 aliphatic carbocycles. The molecule has 0 fully saturated rings. The van der Waals surface area contributed by atoms with Crippen molar-refractivity contribution in [3.8, 4) is 0 Å². The molecule has 15 heavy (non-hydrogen) atoms. The van der Waals surface area contributed by atoms with E-state index in [0.29, 0.717) is 17.7 Å². The minimum Gasteiger partial charge on any atom is -0.353 e. The number of halogens is 1. The summed E-state index contributed by atoms with van der Waals surface area (Å²) in [5.74, 6) is 0.249. The molecule has 0 saturated carbocycles. The van der Waals surface area contributed by atoms with Crippen molar-refractivity contribution in [1.82, 2.24) is 5.16 Å². The van der Waals surface area contributed by atoms with Gasteiger partial charge in [-0.15, -0.1) is 0 Å². The molecule has 0 bridgehead atoms. The van der Waals surface area contributed by atoms with Crippen LogP contribution in [-0.4, -0.2) is 11.4 Å². The van der Waals surface area contributed by atoms with Crippen LogP contribution in [0.3, 0.4) is 0 Å². The molecule has 0 aliphatic heterocycles. The Morgan fingerprint density at radius 2 is 2.07 bits per heavy atom. The molecule has 1 heterocycles. The number of carbonyl (C=O) groups is 1. The highest BCUT2D eigenvalue weighted by atomic mass is 35.5. The second-order valence-corrected chi connectivity index (χ2v) is 3.58. The molecule has 4 heteroatoms. The average Bonchev–Trinajstić information content (AvgIpc) is 2.69. The van der Waals surface area contributed by atoms with Gasteiger partial charge in [-0.25, -0.2) is 0 Å². The van der Waals surface area contributed by atoms with Crippen molar-refractivity contribution >= 4 is 17.9 Å². The van der Waals surface area contributed by atoms with Crippen molar-refractivity contribution in [1.29, 1.82) is 0 Å². The second kappa shape index (κ2) is 4.28. The Kier molecular flexibility index (Phi) is 2.83.